The first-order valence-electron chi connectivity index (χ1n) is 13.7. The Morgan fingerprint density at radius 1 is 0.825 bits per heavy atom. The minimum atomic E-state index is -1.28. The van der Waals surface area contributed by atoms with E-state index in [1.165, 1.54) is 7.11 Å². The molecule has 2 bridgehead atoms. The van der Waals surface area contributed by atoms with Crippen molar-refractivity contribution < 1.29 is 28.6 Å². The Labute approximate surface area is 233 Å². The first-order valence-corrected chi connectivity index (χ1v) is 13.7. The van der Waals surface area contributed by atoms with Crippen molar-refractivity contribution >= 4 is 18.2 Å². The third-order valence-electron chi connectivity index (χ3n) is 8.47. The molecule has 40 heavy (non-hydrogen) atoms. The molecule has 8 heteroatoms. The predicted octanol–water partition coefficient (Wildman–Crippen LogP) is 5.40. The summed E-state index contributed by atoms with van der Waals surface area (Å²) in [6.07, 6.45) is 0.830. The molecular formula is C32H32N2O6. The van der Waals surface area contributed by atoms with Crippen LogP contribution in [0.3, 0.4) is 0 Å². The topological polar surface area (TPSA) is 94.2 Å². The molecule has 1 N–H and O–H groups in total. The summed E-state index contributed by atoms with van der Waals surface area (Å²) in [5.74, 6) is -0.625. The number of methoxy groups -OCH3 is 1. The largest absolute Gasteiger partial charge is 0.467 e. The minimum Gasteiger partial charge on any atom is -0.467 e. The average molecular weight is 541 g/mol. The molecular weight excluding hydrogens is 508 g/mol. The molecule has 0 saturated carbocycles. The van der Waals surface area contributed by atoms with E-state index in [1.54, 1.807) is 4.90 Å². The molecule has 2 unspecified atom stereocenters. The van der Waals surface area contributed by atoms with Crippen LogP contribution in [0.1, 0.15) is 48.3 Å². The van der Waals surface area contributed by atoms with Crippen molar-refractivity contribution in [2.24, 2.45) is 0 Å². The van der Waals surface area contributed by atoms with Crippen molar-refractivity contribution in [1.82, 2.24) is 10.2 Å². The summed E-state index contributed by atoms with van der Waals surface area (Å²) in [5, 5.41) is 2.86. The first-order chi connectivity index (χ1) is 19.5. The molecule has 206 valence electrons. The van der Waals surface area contributed by atoms with Gasteiger partial charge in [-0.1, -0.05) is 78.9 Å². The second-order valence-corrected chi connectivity index (χ2v) is 10.8. The van der Waals surface area contributed by atoms with Crippen LogP contribution in [0, 0.1) is 0 Å². The van der Waals surface area contributed by atoms with Crippen molar-refractivity contribution in [2.45, 2.75) is 55.8 Å². The van der Waals surface area contributed by atoms with Crippen LogP contribution in [-0.4, -0.2) is 54.4 Å². The molecule has 1 aliphatic carbocycles. The second-order valence-electron chi connectivity index (χ2n) is 10.8. The van der Waals surface area contributed by atoms with Gasteiger partial charge in [0.2, 0.25) is 0 Å². The van der Waals surface area contributed by atoms with Gasteiger partial charge in [0.15, 0.2) is 0 Å². The molecule has 3 aliphatic rings. The summed E-state index contributed by atoms with van der Waals surface area (Å²) < 4.78 is 16.5. The van der Waals surface area contributed by atoms with Gasteiger partial charge in [0.1, 0.15) is 18.8 Å². The molecule has 0 radical (unpaired) electrons. The fourth-order valence-corrected chi connectivity index (χ4v) is 6.69. The number of rotatable bonds is 6. The number of fused-ring (bicyclic) bond motifs is 5. The van der Waals surface area contributed by atoms with E-state index >= 15 is 0 Å². The van der Waals surface area contributed by atoms with E-state index in [9.17, 15) is 14.4 Å². The van der Waals surface area contributed by atoms with Crippen LogP contribution in [0.25, 0.3) is 11.1 Å². The van der Waals surface area contributed by atoms with E-state index < -0.39 is 23.7 Å². The number of alkyl carbamates (subject to hydrolysis) is 1. The zero-order valence-electron chi connectivity index (χ0n) is 22.4. The maximum Gasteiger partial charge on any atom is 0.410 e. The zero-order valence-corrected chi connectivity index (χ0v) is 22.4. The van der Waals surface area contributed by atoms with Gasteiger partial charge in [-0.15, -0.1) is 0 Å². The number of nitrogens with one attached hydrogen (secondary N) is 1. The molecule has 3 aromatic carbocycles. The normalized spacial score (nSPS) is 22.7. The fraction of sp³-hybridized carbons (Fsp3) is 0.344. The van der Waals surface area contributed by atoms with Crippen molar-refractivity contribution in [3.8, 4) is 11.1 Å². The highest BCUT2D eigenvalue weighted by Crippen LogP contribution is 2.45. The lowest BCUT2D eigenvalue weighted by atomic mass is 9.83. The van der Waals surface area contributed by atoms with Crippen LogP contribution in [0.5, 0.6) is 0 Å². The maximum absolute atomic E-state index is 13.2. The number of nitrogens with zero attached hydrogens (tertiary/aromatic N) is 1. The van der Waals surface area contributed by atoms with Crippen molar-refractivity contribution in [2.75, 3.05) is 13.7 Å². The SMILES string of the molecule is COC(=O)C1(NC(=O)OCC2c3ccccc3-c3ccccc32)CC2CCC(C1)N2C(=O)OCc1ccccc1. The van der Waals surface area contributed by atoms with Gasteiger partial charge in [-0.05, 0) is 40.7 Å². The minimum absolute atomic E-state index is 0.0929. The van der Waals surface area contributed by atoms with Crippen LogP contribution in [0.2, 0.25) is 0 Å². The number of amides is 2. The quantitative estimate of drug-likeness (QED) is 0.332. The Morgan fingerprint density at radius 3 is 2.00 bits per heavy atom. The van der Waals surface area contributed by atoms with Gasteiger partial charge >= 0.3 is 18.2 Å². The summed E-state index contributed by atoms with van der Waals surface area (Å²) in [7, 11) is 1.31. The molecule has 2 saturated heterocycles. The average Bonchev–Trinajstić information content (AvgIpc) is 3.46. The highest BCUT2D eigenvalue weighted by Gasteiger charge is 2.55. The Kier molecular flexibility index (Phi) is 6.92. The molecule has 6 rings (SSSR count). The number of hydrogen-bond acceptors (Lipinski definition) is 6. The second kappa shape index (κ2) is 10.7. The predicted molar refractivity (Wildman–Crippen MR) is 147 cm³/mol. The van der Waals surface area contributed by atoms with Gasteiger partial charge < -0.3 is 24.4 Å². The lowest BCUT2D eigenvalue weighted by Gasteiger charge is -2.44. The standard InChI is InChI=1S/C32H32N2O6/c1-38-29(35)32(17-22-15-16-23(18-32)34(22)31(37)40-19-21-9-3-2-4-10-21)33-30(36)39-20-28-26-13-7-5-11-24(26)25-12-6-8-14-27(25)28/h2-14,22-23,28H,15-20H2,1H3,(H,33,36). The number of carbonyl (C=O) groups excluding carboxylic acids is 3. The molecule has 2 heterocycles. The fourth-order valence-electron chi connectivity index (χ4n) is 6.69. The van der Waals surface area contributed by atoms with E-state index in [0.29, 0.717) is 0 Å². The summed E-state index contributed by atoms with van der Waals surface area (Å²) in [5.41, 5.74) is 4.13. The summed E-state index contributed by atoms with van der Waals surface area (Å²) in [6, 6.07) is 25.2. The Morgan fingerprint density at radius 2 is 1.40 bits per heavy atom. The van der Waals surface area contributed by atoms with Crippen LogP contribution < -0.4 is 5.32 Å². The number of benzene rings is 3. The van der Waals surface area contributed by atoms with E-state index in [2.05, 4.69) is 29.6 Å². The van der Waals surface area contributed by atoms with Gasteiger partial charge in [0.05, 0.1) is 7.11 Å². The van der Waals surface area contributed by atoms with E-state index in [4.69, 9.17) is 14.2 Å². The Bertz CT molecular complexity index is 1360. The number of carbonyl (C=O) groups is 3. The number of hydrogen-bond donors (Lipinski definition) is 1. The van der Waals surface area contributed by atoms with Gasteiger partial charge in [-0.2, -0.15) is 0 Å². The van der Waals surface area contributed by atoms with Crippen LogP contribution in [0.4, 0.5) is 9.59 Å². The Hall–Kier alpha value is -4.33. The van der Waals surface area contributed by atoms with Crippen molar-refractivity contribution in [1.29, 1.82) is 0 Å². The highest BCUT2D eigenvalue weighted by molar-refractivity contribution is 5.87. The van der Waals surface area contributed by atoms with Gasteiger partial charge in [-0.3, -0.25) is 0 Å². The van der Waals surface area contributed by atoms with Crippen molar-refractivity contribution in [3.05, 3.63) is 95.6 Å². The zero-order chi connectivity index (χ0) is 27.7. The highest BCUT2D eigenvalue weighted by atomic mass is 16.6. The van der Waals surface area contributed by atoms with E-state index in [0.717, 1.165) is 40.7 Å². The first kappa shape index (κ1) is 25.9. The molecule has 0 spiro atoms. The molecule has 8 nitrogen and oxygen atoms in total. The van der Waals surface area contributed by atoms with E-state index in [-0.39, 0.29) is 44.1 Å². The number of ether oxygens (including phenoxy) is 3. The Balaban J connectivity index is 1.13. The molecule has 2 aliphatic heterocycles. The van der Waals surface area contributed by atoms with Gasteiger partial charge in [0, 0.05) is 30.8 Å². The van der Waals surface area contributed by atoms with Gasteiger partial charge in [-0.25, -0.2) is 14.4 Å². The molecule has 2 atom stereocenters. The van der Waals surface area contributed by atoms with Crippen LogP contribution in [-0.2, 0) is 25.6 Å². The monoisotopic (exact) mass is 540 g/mol. The molecule has 2 fully saturated rings. The lowest BCUT2D eigenvalue weighted by Crippen LogP contribution is -2.64. The molecule has 2 amide bonds. The number of esters is 1. The lowest BCUT2D eigenvalue weighted by molar-refractivity contribution is -0.151. The molecule has 3 aromatic rings. The summed E-state index contributed by atoms with van der Waals surface area (Å²) >= 11 is 0. The summed E-state index contributed by atoms with van der Waals surface area (Å²) in [6.45, 7) is 0.317. The van der Waals surface area contributed by atoms with Crippen molar-refractivity contribution in [3.63, 3.8) is 0 Å². The van der Waals surface area contributed by atoms with Crippen LogP contribution in [0.15, 0.2) is 78.9 Å². The van der Waals surface area contributed by atoms with E-state index in [1.807, 2.05) is 54.6 Å². The smallest absolute Gasteiger partial charge is 0.410 e. The third-order valence-corrected chi connectivity index (χ3v) is 8.47. The molecule has 0 aromatic heterocycles. The third kappa shape index (κ3) is 4.68. The van der Waals surface area contributed by atoms with Gasteiger partial charge in [0.25, 0.3) is 0 Å². The maximum atomic E-state index is 13.2. The number of piperidine rings is 1. The van der Waals surface area contributed by atoms with Crippen LogP contribution >= 0.6 is 0 Å². The summed E-state index contributed by atoms with van der Waals surface area (Å²) in [4.78, 5) is 41.0.